The average Bonchev–Trinajstić information content (AvgIpc) is 2.88. The highest BCUT2D eigenvalue weighted by Gasteiger charge is 2.06. The minimum Gasteiger partial charge on any atom is -0.326 e. The van der Waals surface area contributed by atoms with E-state index in [4.69, 9.17) is 0 Å². The van der Waals surface area contributed by atoms with Gasteiger partial charge in [0.1, 0.15) is 0 Å². The van der Waals surface area contributed by atoms with Crippen LogP contribution in [0.1, 0.15) is 12.0 Å². The molecule has 1 amide bonds. The molecule has 0 saturated heterocycles. The predicted molar refractivity (Wildman–Crippen MR) is 84.2 cm³/mol. The van der Waals surface area contributed by atoms with Crippen molar-refractivity contribution in [1.82, 2.24) is 9.78 Å². The summed E-state index contributed by atoms with van der Waals surface area (Å²) in [5, 5.41) is 8.34. The third kappa shape index (κ3) is 3.11. The van der Waals surface area contributed by atoms with Crippen LogP contribution >= 0.6 is 0 Å². The van der Waals surface area contributed by atoms with Crippen molar-refractivity contribution in [1.29, 1.82) is 0 Å². The second-order valence-corrected chi connectivity index (χ2v) is 5.09. The van der Waals surface area contributed by atoms with E-state index in [2.05, 4.69) is 29.5 Å². The first-order valence-electron chi connectivity index (χ1n) is 6.99. The lowest BCUT2D eigenvalue weighted by molar-refractivity contribution is -0.116. The van der Waals surface area contributed by atoms with Crippen molar-refractivity contribution < 1.29 is 4.79 Å². The van der Waals surface area contributed by atoms with Crippen molar-refractivity contribution in [3.8, 4) is 0 Å². The summed E-state index contributed by atoms with van der Waals surface area (Å²) in [5.74, 6) is -0.00281. The third-order valence-electron chi connectivity index (χ3n) is 3.41. The van der Waals surface area contributed by atoms with E-state index in [1.807, 2.05) is 47.3 Å². The number of carbonyl (C=O) groups is 1. The Bertz CT molecular complexity index is 762. The molecule has 0 unspecified atom stereocenters. The van der Waals surface area contributed by atoms with Crippen LogP contribution in [0.3, 0.4) is 0 Å². The van der Waals surface area contributed by atoms with Crippen molar-refractivity contribution >= 4 is 22.5 Å². The van der Waals surface area contributed by atoms with Crippen molar-refractivity contribution in [2.75, 3.05) is 5.32 Å². The van der Waals surface area contributed by atoms with E-state index in [9.17, 15) is 4.79 Å². The second kappa shape index (κ2) is 5.79. The van der Waals surface area contributed by atoms with Crippen LogP contribution in [0.25, 0.3) is 10.9 Å². The lowest BCUT2D eigenvalue weighted by Gasteiger charge is -2.06. The summed E-state index contributed by atoms with van der Waals surface area (Å²) in [4.78, 5) is 11.9. The summed E-state index contributed by atoms with van der Waals surface area (Å²) in [7, 11) is 0. The fraction of sp³-hybridized carbons (Fsp3) is 0.176. The minimum absolute atomic E-state index is 0.00281. The SMILES string of the molecule is Cc1ccc2c(cnn2CCC(=O)Nc2ccccc2)c1. The predicted octanol–water partition coefficient (Wildman–Crippen LogP) is 3.37. The zero-order chi connectivity index (χ0) is 14.7. The molecular weight excluding hydrogens is 262 g/mol. The lowest BCUT2D eigenvalue weighted by Crippen LogP contribution is -2.14. The lowest BCUT2D eigenvalue weighted by atomic mass is 10.2. The molecule has 4 nitrogen and oxygen atoms in total. The number of nitrogens with one attached hydrogen (secondary N) is 1. The maximum Gasteiger partial charge on any atom is 0.226 e. The van der Waals surface area contributed by atoms with Gasteiger partial charge in [0.05, 0.1) is 18.3 Å². The molecule has 2 aromatic carbocycles. The number of benzene rings is 2. The van der Waals surface area contributed by atoms with Gasteiger partial charge in [-0.15, -0.1) is 0 Å². The summed E-state index contributed by atoms with van der Waals surface area (Å²) in [6.07, 6.45) is 2.25. The van der Waals surface area contributed by atoms with Crippen LogP contribution in [0, 0.1) is 6.92 Å². The molecule has 0 saturated carbocycles. The molecule has 21 heavy (non-hydrogen) atoms. The monoisotopic (exact) mass is 279 g/mol. The molecule has 0 spiro atoms. The second-order valence-electron chi connectivity index (χ2n) is 5.09. The van der Waals surface area contributed by atoms with Gasteiger partial charge in [-0.25, -0.2) is 0 Å². The summed E-state index contributed by atoms with van der Waals surface area (Å²) in [6, 6.07) is 15.7. The Kier molecular flexibility index (Phi) is 3.69. The zero-order valence-electron chi connectivity index (χ0n) is 11.9. The number of amides is 1. The van der Waals surface area contributed by atoms with Gasteiger partial charge in [-0.3, -0.25) is 9.48 Å². The van der Waals surface area contributed by atoms with Gasteiger partial charge in [0, 0.05) is 17.5 Å². The molecule has 1 aromatic heterocycles. The molecule has 0 fully saturated rings. The van der Waals surface area contributed by atoms with Gasteiger partial charge in [0.25, 0.3) is 0 Å². The molecular formula is C17H17N3O. The van der Waals surface area contributed by atoms with Gasteiger partial charge in [0.15, 0.2) is 0 Å². The van der Waals surface area contributed by atoms with Crippen molar-refractivity contribution in [2.45, 2.75) is 19.9 Å². The molecule has 1 N–H and O–H groups in total. The molecule has 106 valence electrons. The first kappa shape index (κ1) is 13.4. The smallest absolute Gasteiger partial charge is 0.226 e. The van der Waals surface area contributed by atoms with Crippen molar-refractivity contribution in [3.05, 3.63) is 60.3 Å². The van der Waals surface area contributed by atoms with Gasteiger partial charge >= 0.3 is 0 Å². The number of aryl methyl sites for hydroxylation is 2. The minimum atomic E-state index is -0.00281. The molecule has 0 radical (unpaired) electrons. The third-order valence-corrected chi connectivity index (χ3v) is 3.41. The van der Waals surface area contributed by atoms with Crippen LogP contribution in [0.4, 0.5) is 5.69 Å². The van der Waals surface area contributed by atoms with Gasteiger partial charge in [-0.05, 0) is 31.2 Å². The Labute approximate surface area is 123 Å². The van der Waals surface area contributed by atoms with Gasteiger partial charge in [-0.1, -0.05) is 29.8 Å². The summed E-state index contributed by atoms with van der Waals surface area (Å²) in [6.45, 7) is 2.63. The number of hydrogen-bond donors (Lipinski definition) is 1. The first-order valence-corrected chi connectivity index (χ1v) is 6.99. The highest BCUT2D eigenvalue weighted by atomic mass is 16.1. The largest absolute Gasteiger partial charge is 0.326 e. The van der Waals surface area contributed by atoms with E-state index >= 15 is 0 Å². The van der Waals surface area contributed by atoms with Crippen LogP contribution in [0.5, 0.6) is 0 Å². The van der Waals surface area contributed by atoms with Crippen LogP contribution in [0.15, 0.2) is 54.7 Å². The Balaban J connectivity index is 1.65. The van der Waals surface area contributed by atoms with E-state index in [1.165, 1.54) is 5.56 Å². The highest BCUT2D eigenvalue weighted by Crippen LogP contribution is 2.15. The molecule has 1 heterocycles. The zero-order valence-corrected chi connectivity index (χ0v) is 11.9. The Morgan fingerprint density at radius 1 is 1.19 bits per heavy atom. The van der Waals surface area contributed by atoms with E-state index in [0.29, 0.717) is 13.0 Å². The molecule has 0 atom stereocenters. The topological polar surface area (TPSA) is 46.9 Å². The van der Waals surface area contributed by atoms with Crippen LogP contribution in [-0.4, -0.2) is 15.7 Å². The van der Waals surface area contributed by atoms with Crippen LogP contribution < -0.4 is 5.32 Å². The Morgan fingerprint density at radius 2 is 2.00 bits per heavy atom. The summed E-state index contributed by atoms with van der Waals surface area (Å²) >= 11 is 0. The number of aromatic nitrogens is 2. The number of anilines is 1. The van der Waals surface area contributed by atoms with E-state index in [-0.39, 0.29) is 5.91 Å². The van der Waals surface area contributed by atoms with Crippen molar-refractivity contribution in [2.24, 2.45) is 0 Å². The number of para-hydroxylation sites is 1. The molecule has 4 heteroatoms. The number of hydrogen-bond acceptors (Lipinski definition) is 2. The summed E-state index contributed by atoms with van der Waals surface area (Å²) in [5.41, 5.74) is 3.10. The fourth-order valence-electron chi connectivity index (χ4n) is 2.34. The average molecular weight is 279 g/mol. The highest BCUT2D eigenvalue weighted by molar-refractivity contribution is 5.90. The Hall–Kier alpha value is -2.62. The molecule has 0 aliphatic carbocycles. The molecule has 3 rings (SSSR count). The molecule has 3 aromatic rings. The van der Waals surface area contributed by atoms with E-state index in [0.717, 1.165) is 16.6 Å². The quantitative estimate of drug-likeness (QED) is 0.796. The maximum absolute atomic E-state index is 11.9. The van der Waals surface area contributed by atoms with Gasteiger partial charge in [0.2, 0.25) is 5.91 Å². The normalized spacial score (nSPS) is 10.7. The van der Waals surface area contributed by atoms with E-state index in [1.54, 1.807) is 0 Å². The van der Waals surface area contributed by atoms with Gasteiger partial charge in [-0.2, -0.15) is 5.10 Å². The number of nitrogens with zero attached hydrogens (tertiary/aromatic N) is 2. The fourth-order valence-corrected chi connectivity index (χ4v) is 2.34. The number of carbonyl (C=O) groups excluding carboxylic acids is 1. The number of rotatable bonds is 4. The van der Waals surface area contributed by atoms with Crippen molar-refractivity contribution in [3.63, 3.8) is 0 Å². The van der Waals surface area contributed by atoms with Crippen LogP contribution in [-0.2, 0) is 11.3 Å². The summed E-state index contributed by atoms with van der Waals surface area (Å²) < 4.78 is 1.87. The molecule has 0 bridgehead atoms. The van der Waals surface area contributed by atoms with Crippen LogP contribution in [0.2, 0.25) is 0 Å². The molecule has 0 aliphatic heterocycles. The molecule has 0 aliphatic rings. The number of fused-ring (bicyclic) bond motifs is 1. The Morgan fingerprint density at radius 3 is 2.81 bits per heavy atom. The standard InChI is InChI=1S/C17H17N3O/c1-13-7-8-16-14(11-13)12-18-20(16)10-9-17(21)19-15-5-3-2-4-6-15/h2-8,11-12H,9-10H2,1H3,(H,19,21). The maximum atomic E-state index is 11.9. The first-order chi connectivity index (χ1) is 10.2. The van der Waals surface area contributed by atoms with Gasteiger partial charge < -0.3 is 5.32 Å². The van der Waals surface area contributed by atoms with E-state index < -0.39 is 0 Å².